The molecule has 3 nitrogen and oxygen atoms in total. The highest BCUT2D eigenvalue weighted by atomic mass is 15.3. The van der Waals surface area contributed by atoms with E-state index >= 15 is 0 Å². The van der Waals surface area contributed by atoms with Gasteiger partial charge in [-0.3, -0.25) is 5.41 Å². The molecule has 4 rings (SSSR count). The third-order valence-electron chi connectivity index (χ3n) is 5.46. The number of nitrogens with one attached hydrogen (secondary N) is 1. The second-order valence-electron chi connectivity index (χ2n) is 6.94. The number of hydrogen-bond donors (Lipinski definition) is 1. The lowest BCUT2D eigenvalue weighted by Crippen LogP contribution is -2.40. The zero-order valence-electron chi connectivity index (χ0n) is 15.7. The third kappa shape index (κ3) is 2.39. The molecule has 0 spiro atoms. The Morgan fingerprint density at radius 2 is 1.54 bits per heavy atom. The molecule has 0 aromatic heterocycles. The summed E-state index contributed by atoms with van der Waals surface area (Å²) in [6, 6.07) is 16.9. The highest BCUT2D eigenvalue weighted by Gasteiger charge is 2.20. The Hall–Kier alpha value is -3.07. The van der Waals surface area contributed by atoms with Crippen LogP contribution in [0.1, 0.15) is 22.3 Å². The van der Waals surface area contributed by atoms with E-state index in [1.54, 1.807) is 0 Å². The summed E-state index contributed by atoms with van der Waals surface area (Å²) in [6.07, 6.45) is 4.32. The van der Waals surface area contributed by atoms with E-state index in [-0.39, 0.29) is 0 Å². The van der Waals surface area contributed by atoms with E-state index in [2.05, 4.69) is 68.5 Å². The zero-order chi connectivity index (χ0) is 18.4. The van der Waals surface area contributed by atoms with Crippen LogP contribution in [-0.2, 0) is 0 Å². The second-order valence-corrected chi connectivity index (χ2v) is 6.94. The van der Waals surface area contributed by atoms with Crippen molar-refractivity contribution in [3.63, 3.8) is 0 Å². The van der Waals surface area contributed by atoms with Crippen LogP contribution < -0.4 is 9.80 Å². The van der Waals surface area contributed by atoms with E-state index in [0.29, 0.717) is 5.96 Å². The minimum atomic E-state index is 0.451. The Morgan fingerprint density at radius 1 is 0.808 bits per heavy atom. The molecule has 0 aliphatic heterocycles. The molecule has 0 heterocycles. The molecule has 0 bridgehead atoms. The number of benzene rings is 3. The number of aryl methyl sites for hydroxylation is 1. The van der Waals surface area contributed by atoms with Crippen LogP contribution in [0, 0.1) is 19.3 Å². The van der Waals surface area contributed by atoms with Crippen molar-refractivity contribution in [3.05, 3.63) is 70.8 Å². The van der Waals surface area contributed by atoms with E-state index < -0.39 is 0 Å². The number of hydrogen-bond acceptors (Lipinski definition) is 1. The molecule has 0 saturated heterocycles. The smallest absolute Gasteiger partial charge is 0.202 e. The van der Waals surface area contributed by atoms with Crippen LogP contribution in [0.4, 0.5) is 11.4 Å². The van der Waals surface area contributed by atoms with Crippen LogP contribution in [0.2, 0.25) is 0 Å². The van der Waals surface area contributed by atoms with Crippen molar-refractivity contribution in [2.45, 2.75) is 13.8 Å². The van der Waals surface area contributed by atoms with Gasteiger partial charge in [0.1, 0.15) is 0 Å². The average Bonchev–Trinajstić information content (AvgIpc) is 3.08. The van der Waals surface area contributed by atoms with Gasteiger partial charge in [-0.25, -0.2) is 0 Å². The van der Waals surface area contributed by atoms with Gasteiger partial charge in [0, 0.05) is 25.3 Å². The first kappa shape index (κ1) is 16.4. The molecule has 1 N–H and O–H groups in total. The number of anilines is 2. The normalized spacial score (nSPS) is 11.8. The molecule has 1 aliphatic carbocycles. The van der Waals surface area contributed by atoms with Gasteiger partial charge in [0.15, 0.2) is 0 Å². The number of guanidine groups is 1. The molecule has 0 fully saturated rings. The van der Waals surface area contributed by atoms with Crippen LogP contribution in [0.3, 0.4) is 0 Å². The van der Waals surface area contributed by atoms with Crippen LogP contribution >= 0.6 is 0 Å². The van der Waals surface area contributed by atoms with Gasteiger partial charge < -0.3 is 9.80 Å². The molecule has 0 unspecified atom stereocenters. The maximum atomic E-state index is 8.77. The summed E-state index contributed by atoms with van der Waals surface area (Å²) >= 11 is 0. The average molecular weight is 341 g/mol. The number of nitrogens with zero attached hydrogens (tertiary/aromatic N) is 2. The Labute approximate surface area is 154 Å². The van der Waals surface area contributed by atoms with Crippen molar-refractivity contribution in [1.82, 2.24) is 0 Å². The van der Waals surface area contributed by atoms with Crippen molar-refractivity contribution in [1.29, 1.82) is 5.41 Å². The fourth-order valence-corrected chi connectivity index (χ4v) is 3.75. The Bertz CT molecular complexity index is 1060. The molecule has 3 heteroatoms. The summed E-state index contributed by atoms with van der Waals surface area (Å²) in [5, 5.41) is 11.3. The molecule has 3 aromatic carbocycles. The predicted molar refractivity (Wildman–Crippen MR) is 113 cm³/mol. The van der Waals surface area contributed by atoms with Crippen LogP contribution in [0.15, 0.2) is 48.5 Å². The molecule has 0 amide bonds. The topological polar surface area (TPSA) is 30.3 Å². The van der Waals surface area contributed by atoms with Crippen molar-refractivity contribution in [3.8, 4) is 0 Å². The monoisotopic (exact) mass is 341 g/mol. The summed E-state index contributed by atoms with van der Waals surface area (Å²) in [5.41, 5.74) is 7.01. The van der Waals surface area contributed by atoms with Crippen LogP contribution in [0.25, 0.3) is 22.9 Å². The van der Waals surface area contributed by atoms with Gasteiger partial charge in [0.2, 0.25) is 5.96 Å². The molecule has 1 aliphatic rings. The van der Waals surface area contributed by atoms with Crippen LogP contribution in [0.5, 0.6) is 0 Å². The molecule has 0 atom stereocenters. The lowest BCUT2D eigenvalue weighted by molar-refractivity contribution is 1.10. The van der Waals surface area contributed by atoms with E-state index in [1.165, 1.54) is 33.0 Å². The van der Waals surface area contributed by atoms with Gasteiger partial charge >= 0.3 is 0 Å². The zero-order valence-corrected chi connectivity index (χ0v) is 15.7. The second kappa shape index (κ2) is 6.03. The van der Waals surface area contributed by atoms with Gasteiger partial charge in [-0.1, -0.05) is 48.6 Å². The maximum Gasteiger partial charge on any atom is 0.202 e. The molecular formula is C23H23N3. The molecular weight excluding hydrogens is 318 g/mol. The molecule has 26 heavy (non-hydrogen) atoms. The summed E-state index contributed by atoms with van der Waals surface area (Å²) < 4.78 is 0. The van der Waals surface area contributed by atoms with Crippen molar-refractivity contribution >= 4 is 40.3 Å². The van der Waals surface area contributed by atoms with Gasteiger partial charge in [0.25, 0.3) is 0 Å². The predicted octanol–water partition coefficient (Wildman–Crippen LogP) is 5.45. The number of rotatable bonds is 2. The lowest BCUT2D eigenvalue weighted by Gasteiger charge is -2.30. The first-order valence-corrected chi connectivity index (χ1v) is 8.85. The van der Waals surface area contributed by atoms with Crippen molar-refractivity contribution in [2.75, 3.05) is 23.9 Å². The van der Waals surface area contributed by atoms with Gasteiger partial charge in [-0.2, -0.15) is 0 Å². The Kier molecular flexibility index (Phi) is 3.80. The fraction of sp³-hybridized carbons (Fsp3) is 0.174. The van der Waals surface area contributed by atoms with E-state index in [9.17, 15) is 0 Å². The standard InChI is InChI=1S/C23H23N3/c1-15-7-5-10-20(16(15)2)25(3)23(24)26(4)21-14-12-18-9-6-8-17-11-13-19(21)22(17)18/h5-14,24H,1-4H3. The van der Waals surface area contributed by atoms with Gasteiger partial charge in [-0.15, -0.1) is 0 Å². The van der Waals surface area contributed by atoms with E-state index in [4.69, 9.17) is 5.41 Å². The highest BCUT2D eigenvalue weighted by molar-refractivity contribution is 6.13. The molecule has 0 radical (unpaired) electrons. The molecule has 3 aromatic rings. The SMILES string of the molecule is Cc1cccc(N(C)C(=N)N(C)c2ccc3cccc4c3c2C=C4)c1C. The molecule has 0 saturated carbocycles. The summed E-state index contributed by atoms with van der Waals surface area (Å²) in [7, 11) is 3.93. The highest BCUT2D eigenvalue weighted by Crippen LogP contribution is 2.37. The summed E-state index contributed by atoms with van der Waals surface area (Å²) in [4.78, 5) is 3.91. The summed E-state index contributed by atoms with van der Waals surface area (Å²) in [5.74, 6) is 0.451. The first-order valence-electron chi connectivity index (χ1n) is 8.85. The third-order valence-corrected chi connectivity index (χ3v) is 5.46. The lowest BCUT2D eigenvalue weighted by atomic mass is 10.0. The van der Waals surface area contributed by atoms with Gasteiger partial charge in [0.05, 0.1) is 5.69 Å². The quantitative estimate of drug-likeness (QED) is 0.388. The van der Waals surface area contributed by atoms with E-state index in [0.717, 1.165) is 11.4 Å². The largest absolute Gasteiger partial charge is 0.315 e. The minimum absolute atomic E-state index is 0.451. The van der Waals surface area contributed by atoms with Crippen molar-refractivity contribution < 1.29 is 0 Å². The van der Waals surface area contributed by atoms with Crippen LogP contribution in [-0.4, -0.2) is 20.1 Å². The first-order chi connectivity index (χ1) is 12.5. The van der Waals surface area contributed by atoms with Gasteiger partial charge in [-0.05, 0) is 53.4 Å². The Morgan fingerprint density at radius 3 is 2.35 bits per heavy atom. The minimum Gasteiger partial charge on any atom is -0.315 e. The maximum absolute atomic E-state index is 8.77. The Balaban J connectivity index is 1.74. The van der Waals surface area contributed by atoms with Crippen molar-refractivity contribution in [2.24, 2.45) is 0 Å². The van der Waals surface area contributed by atoms with E-state index in [1.807, 2.05) is 30.0 Å². The molecule has 130 valence electrons. The fourth-order valence-electron chi connectivity index (χ4n) is 3.75. The summed E-state index contributed by atoms with van der Waals surface area (Å²) in [6.45, 7) is 4.22.